The second kappa shape index (κ2) is 9.15. The number of H-pyrrole nitrogens is 1. The van der Waals surface area contributed by atoms with Crippen molar-refractivity contribution in [1.29, 1.82) is 0 Å². The summed E-state index contributed by atoms with van der Waals surface area (Å²) in [5, 5.41) is 7.14. The monoisotopic (exact) mass is 451 g/mol. The van der Waals surface area contributed by atoms with Crippen LogP contribution in [0, 0.1) is 5.82 Å². The Kier molecular flexibility index (Phi) is 5.74. The lowest BCUT2D eigenvalue weighted by Crippen LogP contribution is -2.07. The van der Waals surface area contributed by atoms with E-state index in [1.54, 1.807) is 29.1 Å². The molecule has 6 nitrogen and oxygen atoms in total. The van der Waals surface area contributed by atoms with E-state index < -0.39 is 0 Å². The van der Waals surface area contributed by atoms with Gasteiger partial charge in [-0.25, -0.2) is 9.37 Å². The number of hydrogen-bond acceptors (Lipinski definition) is 3. The molecule has 2 heterocycles. The average molecular weight is 452 g/mol. The van der Waals surface area contributed by atoms with Crippen molar-refractivity contribution >= 4 is 28.7 Å². The second-order valence-electron chi connectivity index (χ2n) is 7.98. The minimum absolute atomic E-state index is 0.251. The van der Waals surface area contributed by atoms with Gasteiger partial charge >= 0.3 is 0 Å². The van der Waals surface area contributed by atoms with Crippen LogP contribution < -0.4 is 5.32 Å². The number of carbonyl (C=O) groups excluding carboxylic acids is 1. The highest BCUT2D eigenvalue weighted by atomic mass is 19.1. The Balaban J connectivity index is 1.24. The third kappa shape index (κ3) is 4.63. The molecule has 5 aromatic rings. The summed E-state index contributed by atoms with van der Waals surface area (Å²) < 4.78 is 15.0. The molecule has 34 heavy (non-hydrogen) atoms. The number of benzene rings is 3. The predicted molar refractivity (Wildman–Crippen MR) is 132 cm³/mol. The third-order valence-corrected chi connectivity index (χ3v) is 5.53. The smallest absolute Gasteiger partial charge is 0.248 e. The van der Waals surface area contributed by atoms with E-state index in [1.165, 1.54) is 18.2 Å². The molecule has 1 amide bonds. The lowest BCUT2D eigenvalue weighted by Gasteiger charge is -2.05. The van der Waals surface area contributed by atoms with Crippen LogP contribution in [0.25, 0.3) is 28.4 Å². The van der Waals surface area contributed by atoms with Crippen LogP contribution in [0.3, 0.4) is 0 Å². The van der Waals surface area contributed by atoms with Crippen molar-refractivity contribution in [2.75, 3.05) is 5.32 Å². The van der Waals surface area contributed by atoms with Gasteiger partial charge in [0, 0.05) is 36.4 Å². The summed E-state index contributed by atoms with van der Waals surface area (Å²) in [5.41, 5.74) is 6.15. The topological polar surface area (TPSA) is 75.6 Å². The van der Waals surface area contributed by atoms with Crippen LogP contribution in [-0.2, 0) is 18.3 Å². The van der Waals surface area contributed by atoms with Gasteiger partial charge < -0.3 is 10.3 Å². The number of halogens is 1. The van der Waals surface area contributed by atoms with Crippen molar-refractivity contribution in [3.05, 3.63) is 108 Å². The molecule has 0 radical (unpaired) electrons. The van der Waals surface area contributed by atoms with Gasteiger partial charge in [-0.2, -0.15) is 5.10 Å². The lowest BCUT2D eigenvalue weighted by atomic mass is 10.1. The zero-order valence-electron chi connectivity index (χ0n) is 18.5. The molecule has 0 fully saturated rings. The van der Waals surface area contributed by atoms with Crippen LogP contribution >= 0.6 is 0 Å². The van der Waals surface area contributed by atoms with E-state index in [-0.39, 0.29) is 11.7 Å². The Bertz CT molecular complexity index is 1450. The molecule has 0 unspecified atom stereocenters. The predicted octanol–water partition coefficient (Wildman–Crippen LogP) is 5.35. The normalized spacial score (nSPS) is 11.4. The van der Waals surface area contributed by atoms with Gasteiger partial charge in [0.15, 0.2) is 0 Å². The van der Waals surface area contributed by atoms with Crippen LogP contribution in [0.2, 0.25) is 0 Å². The summed E-state index contributed by atoms with van der Waals surface area (Å²) >= 11 is 0. The van der Waals surface area contributed by atoms with E-state index in [9.17, 15) is 9.18 Å². The number of para-hydroxylation sites is 2. The number of aromatic amines is 1. The van der Waals surface area contributed by atoms with E-state index >= 15 is 0 Å². The first kappa shape index (κ1) is 21.3. The van der Waals surface area contributed by atoms with Gasteiger partial charge in [0.2, 0.25) is 5.91 Å². The van der Waals surface area contributed by atoms with E-state index in [4.69, 9.17) is 0 Å². The molecule has 5 rings (SSSR count). The Morgan fingerprint density at radius 1 is 1.06 bits per heavy atom. The molecular weight excluding hydrogens is 429 g/mol. The number of aromatic nitrogens is 4. The molecule has 168 valence electrons. The fourth-order valence-corrected chi connectivity index (χ4v) is 3.88. The van der Waals surface area contributed by atoms with Crippen LogP contribution in [0.15, 0.2) is 85.1 Å². The largest absolute Gasteiger partial charge is 0.342 e. The molecule has 2 N–H and O–H groups in total. The van der Waals surface area contributed by atoms with Crippen molar-refractivity contribution in [3.63, 3.8) is 0 Å². The molecule has 0 saturated heterocycles. The maximum atomic E-state index is 13.3. The van der Waals surface area contributed by atoms with Gasteiger partial charge in [0.1, 0.15) is 11.6 Å². The Hall–Kier alpha value is -4.52. The number of amides is 1. The van der Waals surface area contributed by atoms with Gasteiger partial charge in [0.05, 0.1) is 22.9 Å². The first-order chi connectivity index (χ1) is 16.5. The van der Waals surface area contributed by atoms with E-state index in [2.05, 4.69) is 20.4 Å². The summed E-state index contributed by atoms with van der Waals surface area (Å²) in [6.45, 7) is 0. The van der Waals surface area contributed by atoms with Gasteiger partial charge in [-0.3, -0.25) is 9.48 Å². The van der Waals surface area contributed by atoms with E-state index in [1.807, 2.05) is 55.6 Å². The molecule has 0 spiro atoms. The van der Waals surface area contributed by atoms with Crippen molar-refractivity contribution in [3.8, 4) is 11.3 Å². The molecule has 0 saturated carbocycles. The Morgan fingerprint density at radius 2 is 1.82 bits per heavy atom. The molecule has 0 aliphatic rings. The first-order valence-electron chi connectivity index (χ1n) is 10.8. The summed E-state index contributed by atoms with van der Waals surface area (Å²) in [6.07, 6.45) is 5.52. The van der Waals surface area contributed by atoms with E-state index in [0.717, 1.165) is 39.2 Å². The summed E-state index contributed by atoms with van der Waals surface area (Å²) in [7, 11) is 1.81. The van der Waals surface area contributed by atoms with Crippen molar-refractivity contribution in [2.24, 2.45) is 7.05 Å². The number of aryl methyl sites for hydroxylation is 1. The van der Waals surface area contributed by atoms with E-state index in [0.29, 0.717) is 12.1 Å². The number of rotatable bonds is 6. The highest BCUT2D eigenvalue weighted by Crippen LogP contribution is 2.24. The SMILES string of the molecule is Cn1ncc(/C=C/C(=O)Nc2ccc(Cc3nc4ccccc4[nH]3)cc2)c1-c1ccc(F)cc1. The third-order valence-electron chi connectivity index (χ3n) is 5.53. The van der Waals surface area contributed by atoms with Gasteiger partial charge in [0.25, 0.3) is 0 Å². The highest BCUT2D eigenvalue weighted by molar-refractivity contribution is 6.02. The minimum Gasteiger partial charge on any atom is -0.342 e. The molecule has 0 aliphatic carbocycles. The lowest BCUT2D eigenvalue weighted by molar-refractivity contribution is -0.111. The number of imidazole rings is 1. The molecule has 0 bridgehead atoms. The number of nitrogens with zero attached hydrogens (tertiary/aromatic N) is 3. The maximum absolute atomic E-state index is 13.3. The first-order valence-corrected chi connectivity index (χ1v) is 10.8. The summed E-state index contributed by atoms with van der Waals surface area (Å²) in [6, 6.07) is 21.8. The van der Waals surface area contributed by atoms with Crippen molar-refractivity contribution in [1.82, 2.24) is 19.7 Å². The zero-order valence-corrected chi connectivity index (χ0v) is 18.5. The van der Waals surface area contributed by atoms with Crippen LogP contribution in [0.1, 0.15) is 17.0 Å². The van der Waals surface area contributed by atoms with Gasteiger partial charge in [-0.15, -0.1) is 0 Å². The summed E-state index contributed by atoms with van der Waals surface area (Å²) in [4.78, 5) is 20.4. The quantitative estimate of drug-likeness (QED) is 0.342. The van der Waals surface area contributed by atoms with Crippen LogP contribution in [0.4, 0.5) is 10.1 Å². The molecule has 7 heteroatoms. The minimum atomic E-state index is -0.300. The molecule has 2 aromatic heterocycles. The standard InChI is InChI=1S/C27H22FN5O/c1-33-27(19-8-11-21(28)12-9-19)20(17-29-33)10-15-26(34)30-22-13-6-18(7-14-22)16-25-31-23-4-2-3-5-24(23)32-25/h2-15,17H,16H2,1H3,(H,30,34)(H,31,32)/b15-10+. The second-order valence-corrected chi connectivity index (χ2v) is 7.98. The Labute approximate surface area is 195 Å². The maximum Gasteiger partial charge on any atom is 0.248 e. The Morgan fingerprint density at radius 3 is 2.59 bits per heavy atom. The number of fused-ring (bicyclic) bond motifs is 1. The number of hydrogen-bond donors (Lipinski definition) is 2. The average Bonchev–Trinajstić information content (AvgIpc) is 3.42. The molecule has 0 atom stereocenters. The molecule has 0 aliphatic heterocycles. The van der Waals surface area contributed by atoms with Gasteiger partial charge in [-0.05, 0) is 60.2 Å². The molecular formula is C27H22FN5O. The number of anilines is 1. The zero-order chi connectivity index (χ0) is 23.5. The van der Waals surface area contributed by atoms with Gasteiger partial charge in [-0.1, -0.05) is 24.3 Å². The number of carbonyl (C=O) groups is 1. The summed E-state index contributed by atoms with van der Waals surface area (Å²) in [5.74, 6) is 0.347. The van der Waals surface area contributed by atoms with Crippen molar-refractivity contribution in [2.45, 2.75) is 6.42 Å². The fraction of sp³-hybridized carbons (Fsp3) is 0.0741. The van der Waals surface area contributed by atoms with Crippen molar-refractivity contribution < 1.29 is 9.18 Å². The molecule has 3 aromatic carbocycles. The van der Waals surface area contributed by atoms with Crippen LogP contribution in [0.5, 0.6) is 0 Å². The van der Waals surface area contributed by atoms with Crippen LogP contribution in [-0.4, -0.2) is 25.7 Å². The highest BCUT2D eigenvalue weighted by Gasteiger charge is 2.10. The number of nitrogens with one attached hydrogen (secondary N) is 2. The fourth-order valence-electron chi connectivity index (χ4n) is 3.88.